The molecule has 2 N–H and O–H groups in total. The summed E-state index contributed by atoms with van der Waals surface area (Å²) in [5, 5.41) is 19.8. The Morgan fingerprint density at radius 1 is 1.16 bits per heavy atom. The molecule has 0 saturated heterocycles. The van der Waals surface area contributed by atoms with E-state index in [1.165, 1.54) is 29.3 Å². The highest BCUT2D eigenvalue weighted by Crippen LogP contribution is 2.36. The molecule has 1 atom stereocenters. The molecule has 1 aliphatic rings. The van der Waals surface area contributed by atoms with E-state index in [1.54, 1.807) is 62.6 Å². The Kier molecular flexibility index (Phi) is 5.55. The minimum absolute atomic E-state index is 0.0261. The summed E-state index contributed by atoms with van der Waals surface area (Å²) in [5.74, 6) is -0.243. The lowest BCUT2D eigenvalue weighted by molar-refractivity contribution is -0.0103. The number of carbonyl (C=O) groups excluding carboxylic acids is 1. The van der Waals surface area contributed by atoms with Crippen LogP contribution in [0, 0.1) is 5.82 Å². The first-order valence-electron chi connectivity index (χ1n) is 9.75. The molecule has 4 rings (SSSR count). The first-order valence-corrected chi connectivity index (χ1v) is 9.75. The number of ether oxygens (including phenoxy) is 1. The smallest absolute Gasteiger partial charge is 0.271 e. The number of aromatic nitrogens is 1. The number of carbonyl (C=O) groups is 1. The molecule has 2 aromatic carbocycles. The van der Waals surface area contributed by atoms with Crippen molar-refractivity contribution in [1.29, 1.82) is 0 Å². The van der Waals surface area contributed by atoms with E-state index in [4.69, 9.17) is 4.74 Å². The van der Waals surface area contributed by atoms with Crippen LogP contribution >= 0.6 is 0 Å². The summed E-state index contributed by atoms with van der Waals surface area (Å²) in [6.45, 7) is 3.43. The van der Waals surface area contributed by atoms with Crippen molar-refractivity contribution in [3.63, 3.8) is 0 Å². The molecule has 1 unspecified atom stereocenters. The van der Waals surface area contributed by atoms with Crippen molar-refractivity contribution in [3.8, 4) is 5.75 Å². The Hall–Kier alpha value is -4.27. The standard InChI is InChI=1S/C23H20FN5O3/c1-15(26-27-21(31)17-4-3-5-20(30)14-17)29-23(2,18-6-8-19(24)9-7-18)32-22(28-29)16-10-12-25-13-11-16/h3-14,30H,1-2H3,(H,27,31)/b26-15+. The summed E-state index contributed by atoms with van der Waals surface area (Å²) >= 11 is 0. The van der Waals surface area contributed by atoms with Crippen molar-refractivity contribution in [3.05, 3.63) is 95.6 Å². The maximum Gasteiger partial charge on any atom is 0.271 e. The average molecular weight is 433 g/mol. The zero-order chi connectivity index (χ0) is 22.7. The molecule has 0 aliphatic carbocycles. The van der Waals surface area contributed by atoms with Gasteiger partial charge in [-0.05, 0) is 49.4 Å². The highest BCUT2D eigenvalue weighted by molar-refractivity contribution is 5.98. The molecule has 3 aromatic rings. The van der Waals surface area contributed by atoms with Crippen molar-refractivity contribution in [1.82, 2.24) is 15.4 Å². The van der Waals surface area contributed by atoms with E-state index in [0.29, 0.717) is 22.9 Å². The number of rotatable bonds is 4. The van der Waals surface area contributed by atoms with Crippen LogP contribution in [0.15, 0.2) is 83.3 Å². The molecule has 0 bridgehead atoms. The van der Waals surface area contributed by atoms with Crippen LogP contribution in [0.5, 0.6) is 5.75 Å². The molecule has 0 radical (unpaired) electrons. The molecule has 1 amide bonds. The minimum atomic E-state index is -1.14. The third-order valence-electron chi connectivity index (χ3n) is 4.93. The highest BCUT2D eigenvalue weighted by Gasteiger charge is 2.44. The quantitative estimate of drug-likeness (QED) is 0.372. The fourth-order valence-corrected chi connectivity index (χ4v) is 3.26. The van der Waals surface area contributed by atoms with Gasteiger partial charge in [0, 0.05) is 36.0 Å². The Balaban J connectivity index is 1.66. The molecule has 1 aliphatic heterocycles. The summed E-state index contributed by atoms with van der Waals surface area (Å²) < 4.78 is 19.7. The largest absolute Gasteiger partial charge is 0.508 e. The van der Waals surface area contributed by atoms with E-state index in [0.717, 1.165) is 0 Å². The number of aromatic hydroxyl groups is 1. The van der Waals surface area contributed by atoms with Crippen LogP contribution in [0.4, 0.5) is 4.39 Å². The minimum Gasteiger partial charge on any atom is -0.508 e. The molecule has 8 nitrogen and oxygen atoms in total. The SMILES string of the molecule is C/C(=N\NC(=O)c1cccc(O)c1)N1N=C(c2ccncc2)OC1(C)c1ccc(F)cc1. The Morgan fingerprint density at radius 3 is 2.56 bits per heavy atom. The number of amides is 1. The van der Waals surface area contributed by atoms with E-state index in [1.807, 2.05) is 0 Å². The van der Waals surface area contributed by atoms with E-state index >= 15 is 0 Å². The topological polar surface area (TPSA) is 99.4 Å². The predicted molar refractivity (Wildman–Crippen MR) is 116 cm³/mol. The van der Waals surface area contributed by atoms with Gasteiger partial charge in [0.05, 0.1) is 0 Å². The summed E-state index contributed by atoms with van der Waals surface area (Å²) in [6, 6.07) is 15.3. The molecule has 32 heavy (non-hydrogen) atoms. The molecule has 1 aromatic heterocycles. The number of halogens is 1. The monoisotopic (exact) mass is 433 g/mol. The van der Waals surface area contributed by atoms with Crippen molar-refractivity contribution in [2.45, 2.75) is 19.6 Å². The summed E-state index contributed by atoms with van der Waals surface area (Å²) in [7, 11) is 0. The summed E-state index contributed by atoms with van der Waals surface area (Å²) in [5.41, 5.74) is 2.91. The van der Waals surface area contributed by atoms with Crippen LogP contribution in [0.2, 0.25) is 0 Å². The summed E-state index contributed by atoms with van der Waals surface area (Å²) in [6.07, 6.45) is 3.24. The maximum atomic E-state index is 13.5. The number of nitrogens with one attached hydrogen (secondary N) is 1. The van der Waals surface area contributed by atoms with Crippen molar-refractivity contribution in [2.75, 3.05) is 0 Å². The molecule has 0 spiro atoms. The van der Waals surface area contributed by atoms with Crippen LogP contribution in [0.1, 0.15) is 35.3 Å². The van der Waals surface area contributed by atoms with Gasteiger partial charge in [0.25, 0.3) is 5.91 Å². The van der Waals surface area contributed by atoms with Gasteiger partial charge in [-0.3, -0.25) is 9.78 Å². The Morgan fingerprint density at radius 2 is 1.88 bits per heavy atom. The number of benzene rings is 2. The number of nitrogens with zero attached hydrogens (tertiary/aromatic N) is 4. The number of pyridine rings is 1. The Bertz CT molecular complexity index is 1200. The number of phenolic OH excluding ortho intramolecular Hbond substituents is 1. The number of hydrazone groups is 2. The lowest BCUT2D eigenvalue weighted by atomic mass is 10.0. The lowest BCUT2D eigenvalue weighted by Gasteiger charge is -2.32. The van der Waals surface area contributed by atoms with Crippen LogP contribution < -0.4 is 5.43 Å². The molecule has 0 fully saturated rings. The number of hydrogen-bond acceptors (Lipinski definition) is 6. The van der Waals surface area contributed by atoms with Crippen LogP contribution in [-0.4, -0.2) is 32.7 Å². The predicted octanol–water partition coefficient (Wildman–Crippen LogP) is 3.56. The third-order valence-corrected chi connectivity index (χ3v) is 4.93. The fraction of sp³-hybridized carbons (Fsp3) is 0.130. The first kappa shape index (κ1) is 21.0. The Labute approximate surface area is 183 Å². The number of hydrogen-bond donors (Lipinski definition) is 2. The van der Waals surface area contributed by atoms with E-state index in [-0.39, 0.29) is 17.1 Å². The zero-order valence-corrected chi connectivity index (χ0v) is 17.4. The van der Waals surface area contributed by atoms with Gasteiger partial charge in [0.15, 0.2) is 0 Å². The molecule has 162 valence electrons. The van der Waals surface area contributed by atoms with E-state index < -0.39 is 11.6 Å². The number of phenols is 1. The van der Waals surface area contributed by atoms with Gasteiger partial charge >= 0.3 is 0 Å². The first-order chi connectivity index (χ1) is 15.4. The maximum absolute atomic E-state index is 13.5. The normalized spacial score (nSPS) is 18.2. The van der Waals surface area contributed by atoms with Gasteiger partial charge < -0.3 is 9.84 Å². The van der Waals surface area contributed by atoms with Gasteiger partial charge in [-0.25, -0.2) is 14.8 Å². The molecule has 9 heteroatoms. The van der Waals surface area contributed by atoms with Crippen molar-refractivity contribution >= 4 is 17.6 Å². The van der Waals surface area contributed by atoms with Gasteiger partial charge in [-0.15, -0.1) is 5.10 Å². The van der Waals surface area contributed by atoms with Crippen molar-refractivity contribution in [2.24, 2.45) is 10.2 Å². The van der Waals surface area contributed by atoms with Crippen LogP contribution in [0.3, 0.4) is 0 Å². The lowest BCUT2D eigenvalue weighted by Crippen LogP contribution is -2.42. The second kappa shape index (κ2) is 8.46. The van der Waals surface area contributed by atoms with Crippen molar-refractivity contribution < 1.29 is 19.0 Å². The zero-order valence-electron chi connectivity index (χ0n) is 17.4. The van der Waals surface area contributed by atoms with E-state index in [2.05, 4.69) is 20.6 Å². The third kappa shape index (κ3) is 4.13. The van der Waals surface area contributed by atoms with Gasteiger partial charge in [0.1, 0.15) is 17.4 Å². The molecular weight excluding hydrogens is 413 g/mol. The summed E-state index contributed by atoms with van der Waals surface area (Å²) in [4.78, 5) is 16.4. The van der Waals surface area contributed by atoms with Crippen LogP contribution in [-0.2, 0) is 10.5 Å². The molecule has 0 saturated carbocycles. The second-order valence-corrected chi connectivity index (χ2v) is 7.19. The highest BCUT2D eigenvalue weighted by atomic mass is 19.1. The molecular formula is C23H20FN5O3. The van der Waals surface area contributed by atoms with Gasteiger partial charge in [0.2, 0.25) is 11.6 Å². The van der Waals surface area contributed by atoms with E-state index in [9.17, 15) is 14.3 Å². The van der Waals surface area contributed by atoms with Gasteiger partial charge in [-0.2, -0.15) is 5.10 Å². The van der Waals surface area contributed by atoms with Crippen LogP contribution in [0.25, 0.3) is 0 Å². The number of amidine groups is 1. The molecule has 2 heterocycles. The second-order valence-electron chi connectivity index (χ2n) is 7.19. The fourth-order valence-electron chi connectivity index (χ4n) is 3.26. The average Bonchev–Trinajstić information content (AvgIpc) is 3.17. The van der Waals surface area contributed by atoms with Gasteiger partial charge in [-0.1, -0.05) is 18.2 Å².